The molecule has 1 aliphatic rings. The smallest absolute Gasteiger partial charge is 0.338 e. The monoisotopic (exact) mass is 646 g/mol. The Bertz CT molecular complexity index is 869. The number of ether oxygens (including phenoxy) is 3. The van der Waals surface area contributed by atoms with E-state index in [1.807, 2.05) is 6.92 Å². The topological polar surface area (TPSA) is 61.8 Å². The van der Waals surface area contributed by atoms with Crippen LogP contribution in [0.3, 0.4) is 0 Å². The third kappa shape index (κ3) is 9.89. The van der Waals surface area contributed by atoms with Crippen LogP contribution in [0.1, 0.15) is 60.2 Å². The summed E-state index contributed by atoms with van der Waals surface area (Å²) in [6, 6.07) is 13.9. The van der Waals surface area contributed by atoms with Gasteiger partial charge in [0.25, 0.3) is 0 Å². The molecule has 3 rings (SSSR count). The molecule has 1 fully saturated rings. The highest BCUT2D eigenvalue weighted by Crippen LogP contribution is 2.24. The highest BCUT2D eigenvalue weighted by Gasteiger charge is 2.32. The van der Waals surface area contributed by atoms with E-state index < -0.39 is 24.1 Å². The van der Waals surface area contributed by atoms with Crippen LogP contribution in [0, 0.1) is 0 Å². The Hall–Kier alpha value is -1.22. The molecule has 0 bridgehead atoms. The van der Waals surface area contributed by atoms with Crippen molar-refractivity contribution in [3.63, 3.8) is 0 Å². The van der Waals surface area contributed by atoms with E-state index in [0.717, 1.165) is 20.7 Å². The van der Waals surface area contributed by atoms with Crippen molar-refractivity contribution in [1.82, 2.24) is 0 Å². The SMILES string of the molecule is CC1CC(OC(=O)c2ccc(Br)cc2)C(OC(=O)c2ccc(Br)cc2)CCCO1.CCCBr. The number of hydrogen-bond acceptors (Lipinski definition) is 5. The van der Waals surface area contributed by atoms with Crippen LogP contribution in [0.4, 0.5) is 0 Å². The summed E-state index contributed by atoms with van der Waals surface area (Å²) in [5.41, 5.74) is 0.902. The summed E-state index contributed by atoms with van der Waals surface area (Å²) in [5.74, 6) is -0.874. The predicted molar refractivity (Wildman–Crippen MR) is 140 cm³/mol. The quantitative estimate of drug-likeness (QED) is 0.251. The average molecular weight is 649 g/mol. The van der Waals surface area contributed by atoms with Crippen LogP contribution in [0.25, 0.3) is 0 Å². The fraction of sp³-hybridized carbons (Fsp3) is 0.440. The van der Waals surface area contributed by atoms with Gasteiger partial charge in [0.05, 0.1) is 17.2 Å². The van der Waals surface area contributed by atoms with Gasteiger partial charge in [-0.05, 0) is 74.7 Å². The number of benzene rings is 2. The van der Waals surface area contributed by atoms with Crippen molar-refractivity contribution in [3.05, 3.63) is 68.6 Å². The lowest BCUT2D eigenvalue weighted by Gasteiger charge is -2.31. The molecule has 0 saturated carbocycles. The molecular weight excluding hydrogens is 620 g/mol. The first-order valence-corrected chi connectivity index (χ1v) is 13.7. The van der Waals surface area contributed by atoms with Crippen LogP contribution in [0.15, 0.2) is 57.5 Å². The Balaban J connectivity index is 0.000000890. The highest BCUT2D eigenvalue weighted by molar-refractivity contribution is 9.10. The van der Waals surface area contributed by atoms with Gasteiger partial charge in [0.2, 0.25) is 0 Å². The maximum atomic E-state index is 12.6. The van der Waals surface area contributed by atoms with E-state index in [2.05, 4.69) is 54.7 Å². The minimum Gasteiger partial charge on any atom is -0.455 e. The Morgan fingerprint density at radius 1 is 0.909 bits per heavy atom. The Kier molecular flexibility index (Phi) is 12.7. The molecule has 0 spiro atoms. The molecule has 3 unspecified atom stereocenters. The number of alkyl halides is 1. The van der Waals surface area contributed by atoms with E-state index in [-0.39, 0.29) is 6.10 Å². The summed E-state index contributed by atoms with van der Waals surface area (Å²) < 4.78 is 19.0. The van der Waals surface area contributed by atoms with Crippen LogP contribution in [-0.4, -0.2) is 42.2 Å². The predicted octanol–water partition coefficient (Wildman–Crippen LogP) is 7.34. The summed E-state index contributed by atoms with van der Waals surface area (Å²) in [5, 5.41) is 1.13. The van der Waals surface area contributed by atoms with E-state index in [9.17, 15) is 9.59 Å². The molecule has 2 aromatic rings. The summed E-state index contributed by atoms with van der Waals surface area (Å²) in [6.45, 7) is 4.65. The molecule has 0 N–H and O–H groups in total. The normalized spacial score (nSPS) is 20.5. The molecule has 180 valence electrons. The van der Waals surface area contributed by atoms with E-state index in [1.165, 1.54) is 6.42 Å². The lowest BCUT2D eigenvalue weighted by molar-refractivity contribution is -0.0746. The van der Waals surface area contributed by atoms with Crippen molar-refractivity contribution in [2.45, 2.75) is 57.8 Å². The molecule has 3 atom stereocenters. The minimum absolute atomic E-state index is 0.105. The number of rotatable bonds is 5. The lowest BCUT2D eigenvalue weighted by atomic mass is 10.0. The van der Waals surface area contributed by atoms with Crippen LogP contribution >= 0.6 is 47.8 Å². The second-order valence-corrected chi connectivity index (χ2v) is 10.3. The van der Waals surface area contributed by atoms with Crippen molar-refractivity contribution >= 4 is 59.7 Å². The van der Waals surface area contributed by atoms with Crippen molar-refractivity contribution in [3.8, 4) is 0 Å². The van der Waals surface area contributed by atoms with Crippen LogP contribution in [-0.2, 0) is 14.2 Å². The van der Waals surface area contributed by atoms with Gasteiger partial charge in [-0.3, -0.25) is 0 Å². The Morgan fingerprint density at radius 3 is 1.82 bits per heavy atom. The molecule has 1 saturated heterocycles. The molecule has 33 heavy (non-hydrogen) atoms. The van der Waals surface area contributed by atoms with Crippen LogP contribution < -0.4 is 0 Å². The number of carbonyl (C=O) groups excluding carboxylic acids is 2. The number of halogens is 3. The van der Waals surface area contributed by atoms with E-state index in [4.69, 9.17) is 14.2 Å². The molecular formula is C25H29Br3O5. The molecule has 0 aromatic heterocycles. The zero-order valence-electron chi connectivity index (χ0n) is 18.8. The Morgan fingerprint density at radius 2 is 1.36 bits per heavy atom. The maximum absolute atomic E-state index is 12.6. The van der Waals surface area contributed by atoms with Gasteiger partial charge in [0, 0.05) is 27.3 Å². The summed E-state index contributed by atoms with van der Waals surface area (Å²) in [7, 11) is 0. The fourth-order valence-electron chi connectivity index (χ4n) is 3.14. The van der Waals surface area contributed by atoms with E-state index in [1.54, 1.807) is 48.5 Å². The fourth-order valence-corrected chi connectivity index (χ4v) is 3.67. The van der Waals surface area contributed by atoms with Crippen LogP contribution in [0.2, 0.25) is 0 Å². The minimum atomic E-state index is -0.583. The first-order chi connectivity index (χ1) is 15.8. The second kappa shape index (κ2) is 14.9. The van der Waals surface area contributed by atoms with Gasteiger partial charge in [-0.15, -0.1) is 0 Å². The highest BCUT2D eigenvalue weighted by atomic mass is 79.9. The third-order valence-electron chi connectivity index (χ3n) is 4.88. The zero-order valence-corrected chi connectivity index (χ0v) is 23.5. The first kappa shape index (κ1) is 28.0. The Labute approximate surface area is 220 Å². The average Bonchev–Trinajstić information content (AvgIpc) is 2.80. The third-order valence-corrected chi connectivity index (χ3v) is 6.73. The molecule has 0 aliphatic carbocycles. The van der Waals surface area contributed by atoms with Crippen LogP contribution in [0.5, 0.6) is 0 Å². The van der Waals surface area contributed by atoms with E-state index >= 15 is 0 Å². The molecule has 1 heterocycles. The van der Waals surface area contributed by atoms with Crippen molar-refractivity contribution in [2.24, 2.45) is 0 Å². The molecule has 1 aliphatic heterocycles. The molecule has 0 amide bonds. The first-order valence-electron chi connectivity index (χ1n) is 10.9. The van der Waals surface area contributed by atoms with Crippen molar-refractivity contribution in [1.29, 1.82) is 0 Å². The lowest BCUT2D eigenvalue weighted by Crippen LogP contribution is -2.39. The summed E-state index contributed by atoms with van der Waals surface area (Å²) >= 11 is 9.96. The van der Waals surface area contributed by atoms with Gasteiger partial charge in [-0.2, -0.15) is 0 Å². The largest absolute Gasteiger partial charge is 0.455 e. The molecule has 5 nitrogen and oxygen atoms in total. The second-order valence-electron chi connectivity index (χ2n) is 7.65. The van der Waals surface area contributed by atoms with Gasteiger partial charge < -0.3 is 14.2 Å². The van der Waals surface area contributed by atoms with Crippen molar-refractivity contribution in [2.75, 3.05) is 11.9 Å². The summed E-state index contributed by atoms with van der Waals surface area (Å²) in [4.78, 5) is 25.3. The van der Waals surface area contributed by atoms with Crippen molar-refractivity contribution < 1.29 is 23.8 Å². The molecule has 8 heteroatoms. The molecule has 2 aromatic carbocycles. The zero-order chi connectivity index (χ0) is 24.2. The van der Waals surface area contributed by atoms with Gasteiger partial charge in [0.1, 0.15) is 12.2 Å². The van der Waals surface area contributed by atoms with Gasteiger partial charge in [0.15, 0.2) is 0 Å². The number of hydrogen-bond donors (Lipinski definition) is 0. The standard InChI is InChI=1S/C22H22Br2O5.C3H7Br/c1-14-13-20(29-22(26)16-6-10-18(24)11-7-16)19(3-2-12-27-14)28-21(25)15-4-8-17(23)9-5-15;1-2-3-4/h4-11,14,19-20H,2-3,12-13H2,1H3;2-3H2,1H3. The summed E-state index contributed by atoms with van der Waals surface area (Å²) in [6.07, 6.45) is 1.76. The number of carbonyl (C=O) groups is 2. The van der Waals surface area contributed by atoms with E-state index in [0.29, 0.717) is 30.6 Å². The number of esters is 2. The van der Waals surface area contributed by atoms with Gasteiger partial charge in [-0.1, -0.05) is 54.7 Å². The molecule has 0 radical (unpaired) electrons. The van der Waals surface area contributed by atoms with Gasteiger partial charge in [-0.25, -0.2) is 9.59 Å². The maximum Gasteiger partial charge on any atom is 0.338 e. The van der Waals surface area contributed by atoms with Gasteiger partial charge >= 0.3 is 11.9 Å².